The lowest BCUT2D eigenvalue weighted by Gasteiger charge is -2.36. The number of nitrogens with zero attached hydrogens (tertiary/aromatic N) is 2. The summed E-state index contributed by atoms with van der Waals surface area (Å²) in [4.78, 5) is 27.9. The van der Waals surface area contributed by atoms with Gasteiger partial charge in [0.25, 0.3) is 0 Å². The summed E-state index contributed by atoms with van der Waals surface area (Å²) >= 11 is 0. The van der Waals surface area contributed by atoms with Gasteiger partial charge in [-0.05, 0) is 41.8 Å². The van der Waals surface area contributed by atoms with Crippen molar-refractivity contribution >= 4 is 28.5 Å². The van der Waals surface area contributed by atoms with Gasteiger partial charge in [-0.2, -0.15) is 0 Å². The van der Waals surface area contributed by atoms with E-state index in [9.17, 15) is 14.7 Å². The van der Waals surface area contributed by atoms with Crippen LogP contribution in [0.2, 0.25) is 0 Å². The van der Waals surface area contributed by atoms with Crippen LogP contribution in [0, 0.1) is 0 Å². The van der Waals surface area contributed by atoms with E-state index >= 15 is 0 Å². The maximum Gasteiger partial charge on any atom is 0.243 e. The Balaban J connectivity index is 1.30. The molecule has 0 saturated carbocycles. The largest absolute Gasteiger partial charge is 0.392 e. The number of hydroxylamine groups is 1. The minimum atomic E-state index is -0.627. The van der Waals surface area contributed by atoms with E-state index in [4.69, 9.17) is 14.7 Å². The molecule has 0 unspecified atom stereocenters. The lowest BCUT2D eigenvalue weighted by Crippen LogP contribution is -2.32. The minimum Gasteiger partial charge on any atom is -0.392 e. The van der Waals surface area contributed by atoms with Gasteiger partial charge < -0.3 is 24.5 Å². The van der Waals surface area contributed by atoms with Gasteiger partial charge >= 0.3 is 0 Å². The highest BCUT2D eigenvalue weighted by Crippen LogP contribution is 2.38. The molecule has 1 aliphatic heterocycles. The fourth-order valence-electron chi connectivity index (χ4n) is 4.82. The molecule has 1 aromatic heterocycles. The van der Waals surface area contributed by atoms with E-state index in [0.717, 1.165) is 27.7 Å². The van der Waals surface area contributed by atoms with Crippen molar-refractivity contribution in [2.45, 2.75) is 57.3 Å². The number of carbonyl (C=O) groups is 2. The van der Waals surface area contributed by atoms with Crippen LogP contribution < -0.4 is 10.8 Å². The molecule has 2 heterocycles. The van der Waals surface area contributed by atoms with Crippen LogP contribution in [0.3, 0.4) is 0 Å². The first-order valence-electron chi connectivity index (χ1n) is 13.3. The molecule has 10 heteroatoms. The zero-order valence-electron chi connectivity index (χ0n) is 21.9. The number of rotatable bonds is 10. The molecule has 3 atom stereocenters. The SMILES string of the molecule is O=C(CCCC(=O)Nc1ccc([C@H]2O[C@@H](Cn3cnc4ccccc43)C[C@@H](c3ccc(CO)cc3)O2)cc1)NO. The summed E-state index contributed by atoms with van der Waals surface area (Å²) in [6.07, 6.45) is 2.02. The molecule has 40 heavy (non-hydrogen) atoms. The van der Waals surface area contributed by atoms with Crippen molar-refractivity contribution in [2.75, 3.05) is 5.32 Å². The number of aliphatic hydroxyl groups is 1. The van der Waals surface area contributed by atoms with Crippen molar-refractivity contribution in [3.8, 4) is 0 Å². The van der Waals surface area contributed by atoms with Gasteiger partial charge in [-0.15, -0.1) is 0 Å². The predicted molar refractivity (Wildman–Crippen MR) is 147 cm³/mol. The van der Waals surface area contributed by atoms with Gasteiger partial charge in [0.15, 0.2) is 6.29 Å². The average molecular weight is 545 g/mol. The van der Waals surface area contributed by atoms with Crippen LogP contribution in [0.15, 0.2) is 79.1 Å². The third-order valence-electron chi connectivity index (χ3n) is 6.94. The number of carbonyl (C=O) groups excluding carboxylic acids is 2. The monoisotopic (exact) mass is 544 g/mol. The van der Waals surface area contributed by atoms with Gasteiger partial charge in [-0.3, -0.25) is 14.8 Å². The summed E-state index contributed by atoms with van der Waals surface area (Å²) in [5, 5.41) is 20.8. The molecule has 208 valence electrons. The molecule has 2 amide bonds. The molecule has 0 spiro atoms. The smallest absolute Gasteiger partial charge is 0.243 e. The summed E-state index contributed by atoms with van der Waals surface area (Å²) < 4.78 is 15.0. The van der Waals surface area contributed by atoms with Gasteiger partial charge in [0.05, 0.1) is 42.7 Å². The minimum absolute atomic E-state index is 0.0191. The van der Waals surface area contributed by atoms with Crippen LogP contribution in [0.25, 0.3) is 11.0 Å². The Morgan fingerprint density at radius 2 is 1.65 bits per heavy atom. The van der Waals surface area contributed by atoms with Gasteiger partial charge in [0.1, 0.15) is 0 Å². The first-order chi connectivity index (χ1) is 19.5. The molecule has 0 radical (unpaired) electrons. The van der Waals surface area contributed by atoms with Crippen molar-refractivity contribution in [1.29, 1.82) is 0 Å². The first kappa shape index (κ1) is 27.5. The number of hydrogen-bond acceptors (Lipinski definition) is 7. The molecule has 1 fully saturated rings. The second-order valence-corrected chi connectivity index (χ2v) is 9.79. The fourth-order valence-corrected chi connectivity index (χ4v) is 4.82. The van der Waals surface area contributed by atoms with Crippen LogP contribution in [-0.2, 0) is 32.2 Å². The molecule has 3 aromatic carbocycles. The Hall–Kier alpha value is -4.09. The highest BCUT2D eigenvalue weighted by molar-refractivity contribution is 5.91. The van der Waals surface area contributed by atoms with Crippen molar-refractivity contribution in [2.24, 2.45) is 0 Å². The molecule has 0 aliphatic carbocycles. The van der Waals surface area contributed by atoms with Crippen molar-refractivity contribution in [1.82, 2.24) is 15.0 Å². The van der Waals surface area contributed by atoms with Crippen molar-refractivity contribution in [3.05, 3.63) is 95.8 Å². The van der Waals surface area contributed by atoms with Gasteiger partial charge in [-0.1, -0.05) is 48.5 Å². The van der Waals surface area contributed by atoms with E-state index in [1.807, 2.05) is 67.0 Å². The van der Waals surface area contributed by atoms with Crippen LogP contribution in [-0.4, -0.2) is 37.8 Å². The second-order valence-electron chi connectivity index (χ2n) is 9.79. The molecular weight excluding hydrogens is 512 g/mol. The quantitative estimate of drug-likeness (QED) is 0.172. The number of benzene rings is 3. The number of fused-ring (bicyclic) bond motifs is 1. The van der Waals surface area contributed by atoms with Crippen LogP contribution in [0.4, 0.5) is 5.69 Å². The van der Waals surface area contributed by atoms with Crippen LogP contribution in [0.1, 0.15) is 54.8 Å². The number of imidazole rings is 1. The maximum atomic E-state index is 12.2. The van der Waals surface area contributed by atoms with Gasteiger partial charge in [0, 0.05) is 30.5 Å². The van der Waals surface area contributed by atoms with E-state index < -0.39 is 12.2 Å². The zero-order valence-corrected chi connectivity index (χ0v) is 21.9. The Morgan fingerprint density at radius 1 is 0.925 bits per heavy atom. The molecule has 4 aromatic rings. The van der Waals surface area contributed by atoms with Crippen LogP contribution in [0.5, 0.6) is 0 Å². The van der Waals surface area contributed by atoms with Crippen molar-refractivity contribution < 1.29 is 29.4 Å². The molecule has 5 rings (SSSR count). The summed E-state index contributed by atoms with van der Waals surface area (Å²) in [5.41, 5.74) is 6.80. The van der Waals surface area contributed by atoms with Crippen molar-refractivity contribution in [3.63, 3.8) is 0 Å². The van der Waals surface area contributed by atoms with E-state index in [0.29, 0.717) is 25.1 Å². The number of anilines is 1. The number of para-hydroxylation sites is 2. The number of aromatic nitrogens is 2. The predicted octanol–water partition coefficient (Wildman–Crippen LogP) is 4.39. The molecule has 1 aliphatic rings. The third kappa shape index (κ3) is 6.72. The highest BCUT2D eigenvalue weighted by Gasteiger charge is 2.32. The second kappa shape index (κ2) is 12.8. The Bertz CT molecular complexity index is 1440. The summed E-state index contributed by atoms with van der Waals surface area (Å²) in [5.74, 6) is -0.741. The fraction of sp³-hybridized carbons (Fsp3) is 0.300. The molecule has 4 N–H and O–H groups in total. The number of ether oxygens (including phenoxy) is 2. The van der Waals surface area contributed by atoms with E-state index in [2.05, 4.69) is 14.9 Å². The number of aliphatic hydroxyl groups excluding tert-OH is 1. The van der Waals surface area contributed by atoms with Gasteiger partial charge in [0.2, 0.25) is 11.8 Å². The first-order valence-corrected chi connectivity index (χ1v) is 13.3. The van der Waals surface area contributed by atoms with E-state index in [1.54, 1.807) is 17.6 Å². The number of nitrogens with one attached hydrogen (secondary N) is 2. The molecular formula is C30H32N4O6. The summed E-state index contributed by atoms with van der Waals surface area (Å²) in [7, 11) is 0. The Kier molecular flexibility index (Phi) is 8.82. The lowest BCUT2D eigenvalue weighted by molar-refractivity contribution is -0.252. The normalized spacial score (nSPS) is 18.9. The maximum absolute atomic E-state index is 12.2. The summed E-state index contributed by atoms with van der Waals surface area (Å²) in [6.45, 7) is 0.586. The topological polar surface area (TPSA) is 135 Å². The van der Waals surface area contributed by atoms with Gasteiger partial charge in [-0.25, -0.2) is 10.5 Å². The zero-order chi connectivity index (χ0) is 27.9. The van der Waals surface area contributed by atoms with Crippen LogP contribution >= 0.6 is 0 Å². The standard InChI is InChI=1S/C30H32N4O6/c35-18-20-8-10-21(11-9-20)27-16-24(17-34-19-31-25-4-1-2-5-26(25)34)39-30(40-27)22-12-14-23(15-13-22)32-28(36)6-3-7-29(37)33-38/h1-2,4-5,8-15,19,24,27,30,35,38H,3,6-7,16-18H2,(H,32,36)(H,33,37)/t24-,27+,30+/m1/s1. The summed E-state index contributed by atoms with van der Waals surface area (Å²) in [6, 6.07) is 23.0. The highest BCUT2D eigenvalue weighted by atomic mass is 16.7. The van der Waals surface area contributed by atoms with E-state index in [1.165, 1.54) is 0 Å². The Morgan fingerprint density at radius 3 is 2.40 bits per heavy atom. The third-order valence-corrected chi connectivity index (χ3v) is 6.94. The lowest BCUT2D eigenvalue weighted by atomic mass is 10.00. The molecule has 0 bridgehead atoms. The Labute approximate surface area is 231 Å². The average Bonchev–Trinajstić information content (AvgIpc) is 3.40. The number of hydrogen-bond donors (Lipinski definition) is 4. The molecule has 10 nitrogen and oxygen atoms in total. The number of amides is 2. The molecule has 1 saturated heterocycles. The van der Waals surface area contributed by atoms with E-state index in [-0.39, 0.29) is 37.6 Å².